The lowest BCUT2D eigenvalue weighted by Crippen LogP contribution is -2.47. The van der Waals surface area contributed by atoms with Crippen LogP contribution in [0.4, 0.5) is 11.5 Å². The molecule has 0 atom stereocenters. The van der Waals surface area contributed by atoms with Crippen LogP contribution >= 0.6 is 0 Å². The predicted octanol–water partition coefficient (Wildman–Crippen LogP) is 5.21. The van der Waals surface area contributed by atoms with Crippen molar-refractivity contribution in [3.05, 3.63) is 95.7 Å². The molecule has 0 spiro atoms. The first-order chi connectivity index (χ1) is 18.1. The molecule has 6 heteroatoms. The fourth-order valence-corrected chi connectivity index (χ4v) is 4.94. The van der Waals surface area contributed by atoms with Gasteiger partial charge in [-0.2, -0.15) is 5.10 Å². The molecule has 0 aliphatic carbocycles. The zero-order chi connectivity index (χ0) is 25.6. The van der Waals surface area contributed by atoms with E-state index in [1.807, 2.05) is 6.07 Å². The minimum absolute atomic E-state index is 0.110. The number of nitrogens with zero attached hydrogens (tertiary/aromatic N) is 4. The molecule has 0 bridgehead atoms. The minimum Gasteiger partial charge on any atom is -0.368 e. The molecule has 1 aliphatic rings. The maximum atomic E-state index is 11.9. The van der Waals surface area contributed by atoms with Crippen LogP contribution in [0.25, 0.3) is 10.8 Å². The van der Waals surface area contributed by atoms with Crippen molar-refractivity contribution in [1.82, 2.24) is 15.5 Å². The Kier molecular flexibility index (Phi) is 7.64. The van der Waals surface area contributed by atoms with E-state index in [2.05, 4.69) is 107 Å². The molecule has 1 fully saturated rings. The summed E-state index contributed by atoms with van der Waals surface area (Å²) >= 11 is 0. The summed E-state index contributed by atoms with van der Waals surface area (Å²) in [6.45, 7) is 8.33. The Labute approximate surface area is 219 Å². The third-order valence-corrected chi connectivity index (χ3v) is 6.92. The summed E-state index contributed by atoms with van der Waals surface area (Å²) in [7, 11) is 0. The zero-order valence-electron chi connectivity index (χ0n) is 21.7. The maximum Gasteiger partial charge on any atom is 0.220 e. The topological polar surface area (TPSA) is 61.4 Å². The van der Waals surface area contributed by atoms with Gasteiger partial charge in [0.15, 0.2) is 5.82 Å². The summed E-state index contributed by atoms with van der Waals surface area (Å²) in [6, 6.07) is 27.5. The van der Waals surface area contributed by atoms with E-state index in [1.165, 1.54) is 22.0 Å². The first-order valence-corrected chi connectivity index (χ1v) is 13.2. The number of amides is 1. The standard InChI is InChI=1S/C31H35N5O/c1-23(2)20-30(37)32-22-25-12-14-26(15-13-25)35-16-18-36(19-17-35)31-28-11-7-6-10-27(28)29(33-34-31)21-24-8-4-3-5-9-24/h3-15,23H,16-22H2,1-2H3,(H,32,37). The van der Waals surface area contributed by atoms with Gasteiger partial charge in [0, 0.05) is 62.0 Å². The van der Waals surface area contributed by atoms with Gasteiger partial charge in [-0.1, -0.05) is 80.6 Å². The molecular weight excluding hydrogens is 458 g/mol. The zero-order valence-corrected chi connectivity index (χ0v) is 21.7. The lowest BCUT2D eigenvalue weighted by atomic mass is 10.0. The molecular formula is C31H35N5O. The lowest BCUT2D eigenvalue weighted by molar-refractivity contribution is -0.121. The third kappa shape index (κ3) is 6.08. The Morgan fingerprint density at radius 3 is 2.14 bits per heavy atom. The number of aromatic nitrogens is 2. The highest BCUT2D eigenvalue weighted by Crippen LogP contribution is 2.28. The molecule has 1 aliphatic heterocycles. The molecule has 4 aromatic rings. The number of carbonyl (C=O) groups is 1. The first-order valence-electron chi connectivity index (χ1n) is 13.2. The van der Waals surface area contributed by atoms with Crippen LogP contribution in [0.5, 0.6) is 0 Å². The highest BCUT2D eigenvalue weighted by Gasteiger charge is 2.21. The number of benzene rings is 3. The molecule has 2 heterocycles. The van der Waals surface area contributed by atoms with Crippen molar-refractivity contribution >= 4 is 28.2 Å². The van der Waals surface area contributed by atoms with Crippen LogP contribution in [0.2, 0.25) is 0 Å². The summed E-state index contributed by atoms with van der Waals surface area (Å²) in [6.07, 6.45) is 1.34. The molecule has 0 saturated carbocycles. The van der Waals surface area contributed by atoms with Crippen LogP contribution in [-0.4, -0.2) is 42.3 Å². The summed E-state index contributed by atoms with van der Waals surface area (Å²) in [5.74, 6) is 1.45. The fraction of sp³-hybridized carbons (Fsp3) is 0.323. The number of rotatable bonds is 8. The van der Waals surface area contributed by atoms with Crippen LogP contribution < -0.4 is 15.1 Å². The summed E-state index contributed by atoms with van der Waals surface area (Å²) in [5, 5.41) is 14.7. The number of carbonyl (C=O) groups excluding carboxylic acids is 1. The molecule has 5 rings (SSSR count). The van der Waals surface area contributed by atoms with Gasteiger partial charge < -0.3 is 15.1 Å². The monoisotopic (exact) mass is 493 g/mol. The van der Waals surface area contributed by atoms with Crippen LogP contribution in [-0.2, 0) is 17.8 Å². The van der Waals surface area contributed by atoms with E-state index < -0.39 is 0 Å². The number of hydrogen-bond donors (Lipinski definition) is 1. The highest BCUT2D eigenvalue weighted by molar-refractivity contribution is 5.93. The van der Waals surface area contributed by atoms with Crippen molar-refractivity contribution in [2.45, 2.75) is 33.2 Å². The second-order valence-electron chi connectivity index (χ2n) is 10.2. The number of fused-ring (bicyclic) bond motifs is 1. The molecule has 1 N–H and O–H groups in total. The van der Waals surface area contributed by atoms with Crippen LogP contribution in [0, 0.1) is 5.92 Å². The summed E-state index contributed by atoms with van der Waals surface area (Å²) in [5.41, 5.74) is 4.60. The van der Waals surface area contributed by atoms with Gasteiger partial charge in [-0.05, 0) is 29.2 Å². The van der Waals surface area contributed by atoms with Crippen molar-refractivity contribution in [2.75, 3.05) is 36.0 Å². The minimum atomic E-state index is 0.110. The molecule has 1 aromatic heterocycles. The van der Waals surface area contributed by atoms with Gasteiger partial charge in [0.05, 0.1) is 5.69 Å². The van der Waals surface area contributed by atoms with E-state index in [-0.39, 0.29) is 5.91 Å². The molecule has 190 valence electrons. The van der Waals surface area contributed by atoms with E-state index in [1.54, 1.807) is 0 Å². The fourth-order valence-electron chi connectivity index (χ4n) is 4.94. The van der Waals surface area contributed by atoms with E-state index in [4.69, 9.17) is 5.10 Å². The van der Waals surface area contributed by atoms with Crippen LogP contribution in [0.3, 0.4) is 0 Å². The second kappa shape index (κ2) is 11.4. The first kappa shape index (κ1) is 24.8. The van der Waals surface area contributed by atoms with Crippen molar-refractivity contribution in [2.24, 2.45) is 5.92 Å². The van der Waals surface area contributed by atoms with Gasteiger partial charge in [-0.15, -0.1) is 5.10 Å². The predicted molar refractivity (Wildman–Crippen MR) is 151 cm³/mol. The maximum absolute atomic E-state index is 11.9. The Bertz CT molecular complexity index is 1330. The van der Waals surface area contributed by atoms with Gasteiger partial charge in [-0.25, -0.2) is 0 Å². The van der Waals surface area contributed by atoms with E-state index in [0.29, 0.717) is 18.9 Å². The molecule has 3 aromatic carbocycles. The normalized spacial score (nSPS) is 13.8. The number of hydrogen-bond acceptors (Lipinski definition) is 5. The lowest BCUT2D eigenvalue weighted by Gasteiger charge is -2.37. The Hall–Kier alpha value is -3.93. The number of piperazine rings is 1. The highest BCUT2D eigenvalue weighted by atomic mass is 16.1. The van der Waals surface area contributed by atoms with Crippen molar-refractivity contribution in [1.29, 1.82) is 0 Å². The smallest absolute Gasteiger partial charge is 0.220 e. The van der Waals surface area contributed by atoms with Crippen LogP contribution in [0.15, 0.2) is 78.9 Å². The average Bonchev–Trinajstić information content (AvgIpc) is 2.93. The second-order valence-corrected chi connectivity index (χ2v) is 10.2. The van der Waals surface area contributed by atoms with Gasteiger partial charge in [0.1, 0.15) is 0 Å². The largest absolute Gasteiger partial charge is 0.368 e. The Balaban J connectivity index is 1.23. The summed E-state index contributed by atoms with van der Waals surface area (Å²) in [4.78, 5) is 16.7. The third-order valence-electron chi connectivity index (χ3n) is 6.92. The van der Waals surface area contributed by atoms with E-state index in [9.17, 15) is 4.79 Å². The van der Waals surface area contributed by atoms with Crippen molar-refractivity contribution in [3.8, 4) is 0 Å². The molecule has 1 amide bonds. The molecule has 37 heavy (non-hydrogen) atoms. The van der Waals surface area contributed by atoms with Gasteiger partial charge >= 0.3 is 0 Å². The van der Waals surface area contributed by atoms with Gasteiger partial charge in [-0.3, -0.25) is 4.79 Å². The Morgan fingerprint density at radius 1 is 0.784 bits per heavy atom. The van der Waals surface area contributed by atoms with Gasteiger partial charge in [0.25, 0.3) is 0 Å². The van der Waals surface area contributed by atoms with Gasteiger partial charge in [0.2, 0.25) is 5.91 Å². The molecule has 0 unspecified atom stereocenters. The molecule has 0 radical (unpaired) electrons. The summed E-state index contributed by atoms with van der Waals surface area (Å²) < 4.78 is 0. The molecule has 6 nitrogen and oxygen atoms in total. The van der Waals surface area contributed by atoms with Crippen molar-refractivity contribution in [3.63, 3.8) is 0 Å². The van der Waals surface area contributed by atoms with Crippen LogP contribution in [0.1, 0.15) is 37.1 Å². The number of anilines is 2. The number of nitrogens with one attached hydrogen (secondary N) is 1. The molecule has 1 saturated heterocycles. The Morgan fingerprint density at radius 2 is 1.43 bits per heavy atom. The van der Waals surface area contributed by atoms with E-state index >= 15 is 0 Å². The quantitative estimate of drug-likeness (QED) is 0.365. The average molecular weight is 494 g/mol. The SMILES string of the molecule is CC(C)CC(=O)NCc1ccc(N2CCN(c3nnc(Cc4ccccc4)c4ccccc34)CC2)cc1. The van der Waals surface area contributed by atoms with Crippen molar-refractivity contribution < 1.29 is 4.79 Å². The van der Waals surface area contributed by atoms with E-state index in [0.717, 1.165) is 49.7 Å².